The van der Waals surface area contributed by atoms with E-state index in [1.54, 1.807) is 13.2 Å². The lowest BCUT2D eigenvalue weighted by molar-refractivity contribution is -0.116. The number of rotatable bonds is 4. The highest BCUT2D eigenvalue weighted by Crippen LogP contribution is 2.12. The number of methoxy groups -OCH3 is 1. The zero-order valence-corrected chi connectivity index (χ0v) is 7.93. The van der Waals surface area contributed by atoms with Gasteiger partial charge in [-0.2, -0.15) is 0 Å². The summed E-state index contributed by atoms with van der Waals surface area (Å²) in [6.07, 6.45) is 0.265. The van der Waals surface area contributed by atoms with E-state index in [0.29, 0.717) is 0 Å². The summed E-state index contributed by atoms with van der Waals surface area (Å²) in [5.41, 5.74) is 0.859. The lowest BCUT2D eigenvalue weighted by Crippen LogP contribution is -2.05. The highest BCUT2D eigenvalue weighted by Gasteiger charge is 2.10. The predicted molar refractivity (Wildman–Crippen MR) is 51.7 cm³/mol. The normalized spacial score (nSPS) is 9.14. The van der Waals surface area contributed by atoms with Crippen molar-refractivity contribution in [1.82, 2.24) is 0 Å². The monoisotopic (exact) mass is 191 g/mol. The van der Waals surface area contributed by atoms with Crippen molar-refractivity contribution in [2.24, 2.45) is 0 Å². The fourth-order valence-corrected chi connectivity index (χ4v) is 1.14. The minimum Gasteiger partial charge on any atom is -0.497 e. The Labute approximate surface area is 82.1 Å². The number of nitrogens with zero attached hydrogens (tertiary/aromatic N) is 2. The number of hydrogen-bond donors (Lipinski definition) is 0. The van der Waals surface area contributed by atoms with E-state index in [2.05, 4.69) is 4.98 Å². The zero-order chi connectivity index (χ0) is 10.4. The first-order valence-corrected chi connectivity index (χ1v) is 4.21. The van der Waals surface area contributed by atoms with Crippen LogP contribution in [0.3, 0.4) is 0 Å². The third-order valence-corrected chi connectivity index (χ3v) is 1.78. The van der Waals surface area contributed by atoms with E-state index in [9.17, 15) is 4.79 Å². The molecule has 0 aromatic heterocycles. The van der Waals surface area contributed by atoms with Crippen LogP contribution in [0.15, 0.2) is 24.3 Å². The highest BCUT2D eigenvalue weighted by molar-refractivity contribution is 5.83. The first-order valence-electron chi connectivity index (χ1n) is 4.21. The molecule has 0 saturated heterocycles. The van der Waals surface area contributed by atoms with Crippen molar-refractivity contribution in [3.63, 3.8) is 0 Å². The number of hydrogen-bond acceptors (Lipinski definition) is 3. The van der Waals surface area contributed by atoms with E-state index in [4.69, 9.17) is 10.1 Å². The first-order chi connectivity index (χ1) is 6.76. The molecule has 1 rings (SSSR count). The summed E-state index contributed by atoms with van der Waals surface area (Å²) >= 11 is 0. The van der Waals surface area contributed by atoms with Crippen molar-refractivity contribution in [1.29, 1.82) is 5.39 Å². The van der Waals surface area contributed by atoms with E-state index >= 15 is 0 Å². The minimum absolute atomic E-state index is 0.124. The molecule has 14 heavy (non-hydrogen) atoms. The van der Waals surface area contributed by atoms with Gasteiger partial charge >= 0.3 is 6.54 Å². The van der Waals surface area contributed by atoms with Crippen LogP contribution in [0.25, 0.3) is 4.98 Å². The molecule has 1 aromatic rings. The van der Waals surface area contributed by atoms with Crippen molar-refractivity contribution in [3.8, 4) is 5.75 Å². The topological polar surface area (TPSA) is 54.5 Å². The van der Waals surface area contributed by atoms with Crippen molar-refractivity contribution in [3.05, 3.63) is 34.8 Å². The smallest absolute Gasteiger partial charge is 0.363 e. The van der Waals surface area contributed by atoms with Crippen molar-refractivity contribution < 1.29 is 9.53 Å². The average molecular weight is 191 g/mol. The second-order valence-electron chi connectivity index (χ2n) is 2.87. The number of Topliss-reactive ketones (excluding diaryl/α,β-unsaturated/α-hetero) is 1. The predicted octanol–water partition coefficient (Wildman–Crippen LogP) is 1.66. The van der Waals surface area contributed by atoms with Gasteiger partial charge in [-0.15, -0.1) is 0 Å². The van der Waals surface area contributed by atoms with Crippen LogP contribution in [0.1, 0.15) is 5.56 Å². The Balaban J connectivity index is 2.68. The molecule has 0 saturated carbocycles. The molecular formula is C10H11N2O2+. The van der Waals surface area contributed by atoms with Crippen molar-refractivity contribution >= 4 is 5.78 Å². The molecule has 0 aliphatic heterocycles. The molecule has 0 spiro atoms. The largest absolute Gasteiger partial charge is 0.497 e. The maximum absolute atomic E-state index is 11.1. The molecule has 0 amide bonds. The van der Waals surface area contributed by atoms with Crippen LogP contribution in [0.4, 0.5) is 0 Å². The van der Waals surface area contributed by atoms with Crippen LogP contribution in [-0.2, 0) is 11.2 Å². The van der Waals surface area contributed by atoms with E-state index in [0.717, 1.165) is 11.3 Å². The van der Waals surface area contributed by atoms with Crippen LogP contribution >= 0.6 is 0 Å². The molecule has 4 heteroatoms. The van der Waals surface area contributed by atoms with Crippen LogP contribution in [-0.4, -0.2) is 19.4 Å². The second kappa shape index (κ2) is 4.97. The second-order valence-corrected chi connectivity index (χ2v) is 2.87. The Morgan fingerprint density at radius 1 is 1.57 bits per heavy atom. The molecule has 0 atom stereocenters. The SMILES string of the molecule is COc1cccc(CC(=O)C[N+]#N)c1. The minimum atomic E-state index is -0.156. The summed E-state index contributed by atoms with van der Waals surface area (Å²) in [5, 5.41) is 8.19. The number of ether oxygens (including phenoxy) is 1. The summed E-state index contributed by atoms with van der Waals surface area (Å²) in [4.78, 5) is 13.9. The van der Waals surface area contributed by atoms with E-state index in [1.165, 1.54) is 0 Å². The molecule has 0 fully saturated rings. The maximum atomic E-state index is 11.1. The molecule has 0 radical (unpaired) electrons. The number of diazo groups is 1. The van der Waals surface area contributed by atoms with E-state index in [1.807, 2.05) is 18.2 Å². The van der Waals surface area contributed by atoms with Gasteiger partial charge in [-0.05, 0) is 17.7 Å². The summed E-state index contributed by atoms with van der Waals surface area (Å²) in [6, 6.07) is 7.25. The molecular weight excluding hydrogens is 180 g/mol. The van der Waals surface area contributed by atoms with Gasteiger partial charge in [0.15, 0.2) is 0 Å². The molecule has 0 aliphatic carbocycles. The third kappa shape index (κ3) is 2.87. The molecule has 1 aromatic carbocycles. The highest BCUT2D eigenvalue weighted by atomic mass is 16.5. The number of carbonyl (C=O) groups is 1. The Hall–Kier alpha value is -1.89. The zero-order valence-electron chi connectivity index (χ0n) is 7.93. The lowest BCUT2D eigenvalue weighted by atomic mass is 10.1. The molecule has 0 unspecified atom stereocenters. The molecule has 4 nitrogen and oxygen atoms in total. The lowest BCUT2D eigenvalue weighted by Gasteiger charge is -2.01. The molecule has 0 bridgehead atoms. The summed E-state index contributed by atoms with van der Waals surface area (Å²) in [7, 11) is 1.57. The van der Waals surface area contributed by atoms with E-state index < -0.39 is 0 Å². The number of ketones is 1. The molecule has 0 aliphatic rings. The van der Waals surface area contributed by atoms with Gasteiger partial charge < -0.3 is 4.74 Å². The van der Waals surface area contributed by atoms with Gasteiger partial charge in [0.2, 0.25) is 11.2 Å². The molecule has 0 heterocycles. The summed E-state index contributed by atoms with van der Waals surface area (Å²) < 4.78 is 5.01. The maximum Gasteiger partial charge on any atom is 0.363 e. The summed E-state index contributed by atoms with van der Waals surface area (Å²) in [5.74, 6) is 0.594. The van der Waals surface area contributed by atoms with Crippen LogP contribution in [0, 0.1) is 5.39 Å². The Morgan fingerprint density at radius 3 is 3.00 bits per heavy atom. The standard InChI is InChI=1S/C10H11N2O2/c1-14-10-4-2-3-8(6-10)5-9(13)7-12-11/h2-4,6H,5,7H2,1H3/q+1. The molecule has 0 N–H and O–H groups in total. The van der Waals surface area contributed by atoms with Gasteiger partial charge in [0, 0.05) is 6.42 Å². The van der Waals surface area contributed by atoms with Gasteiger partial charge in [-0.1, -0.05) is 12.1 Å². The van der Waals surface area contributed by atoms with Crippen molar-refractivity contribution in [2.45, 2.75) is 6.42 Å². The van der Waals surface area contributed by atoms with Gasteiger partial charge in [0.05, 0.1) is 7.11 Å². The van der Waals surface area contributed by atoms with Gasteiger partial charge in [-0.25, -0.2) is 0 Å². The van der Waals surface area contributed by atoms with Gasteiger partial charge in [0.1, 0.15) is 10.7 Å². The molecule has 72 valence electrons. The first kappa shape index (κ1) is 10.2. The van der Waals surface area contributed by atoms with Gasteiger partial charge in [-0.3, -0.25) is 4.79 Å². The van der Waals surface area contributed by atoms with Crippen LogP contribution in [0.5, 0.6) is 5.75 Å². The summed E-state index contributed by atoms with van der Waals surface area (Å²) in [6.45, 7) is -0.156. The third-order valence-electron chi connectivity index (χ3n) is 1.78. The fourth-order valence-electron chi connectivity index (χ4n) is 1.14. The number of carbonyl (C=O) groups excluding carboxylic acids is 1. The average Bonchev–Trinajstić information content (AvgIpc) is 2.18. The van der Waals surface area contributed by atoms with Gasteiger partial charge in [0.25, 0.3) is 0 Å². The van der Waals surface area contributed by atoms with E-state index in [-0.39, 0.29) is 18.7 Å². The van der Waals surface area contributed by atoms with Crippen LogP contribution in [0.2, 0.25) is 0 Å². The van der Waals surface area contributed by atoms with Crippen molar-refractivity contribution in [2.75, 3.05) is 13.7 Å². The van der Waals surface area contributed by atoms with Crippen LogP contribution < -0.4 is 4.74 Å². The fraction of sp³-hybridized carbons (Fsp3) is 0.300. The Kier molecular flexibility index (Phi) is 3.62. The Bertz CT molecular complexity index is 369. The Morgan fingerprint density at radius 2 is 2.36 bits per heavy atom. The quantitative estimate of drug-likeness (QED) is 0.680. The number of benzene rings is 1.